The molecule has 0 aromatic carbocycles. The van der Waals surface area contributed by atoms with E-state index in [1.54, 1.807) is 12.4 Å². The molecule has 15 heavy (non-hydrogen) atoms. The average Bonchev–Trinajstić information content (AvgIpc) is 2.65. The van der Waals surface area contributed by atoms with Crippen LogP contribution in [0.15, 0.2) is 24.7 Å². The van der Waals surface area contributed by atoms with Crippen LogP contribution >= 0.6 is 22.6 Å². The van der Waals surface area contributed by atoms with Gasteiger partial charge in [0.25, 0.3) is 5.95 Å². The van der Waals surface area contributed by atoms with E-state index < -0.39 is 5.97 Å². The summed E-state index contributed by atoms with van der Waals surface area (Å²) >= 11 is 2.09. The van der Waals surface area contributed by atoms with Gasteiger partial charge < -0.3 is 5.11 Å². The number of halogens is 1. The van der Waals surface area contributed by atoms with Crippen LogP contribution in [0.3, 0.4) is 0 Å². The molecule has 0 unspecified atom stereocenters. The minimum Gasteiger partial charge on any atom is -0.477 e. The molecule has 0 aliphatic heterocycles. The van der Waals surface area contributed by atoms with Gasteiger partial charge in [-0.05, 0) is 28.7 Å². The maximum absolute atomic E-state index is 10.7. The van der Waals surface area contributed by atoms with Crippen molar-refractivity contribution in [3.63, 3.8) is 0 Å². The summed E-state index contributed by atoms with van der Waals surface area (Å²) in [6.07, 6.45) is 4.74. The number of hydrogen-bond acceptors (Lipinski definition) is 4. The van der Waals surface area contributed by atoms with Crippen molar-refractivity contribution >= 4 is 28.6 Å². The number of aromatic carboxylic acids is 1. The molecule has 2 aromatic heterocycles. The standard InChI is InChI=1S/C8H5IN4O2/c9-5-3-11-13(4-5)8-10-2-1-6(12-8)7(14)15/h1-4H,(H,14,15). The van der Waals surface area contributed by atoms with Crippen LogP contribution in [0.1, 0.15) is 10.5 Å². The Morgan fingerprint density at radius 3 is 2.93 bits per heavy atom. The van der Waals surface area contributed by atoms with Gasteiger partial charge in [-0.15, -0.1) is 0 Å². The maximum Gasteiger partial charge on any atom is 0.354 e. The lowest BCUT2D eigenvalue weighted by atomic mass is 10.4. The van der Waals surface area contributed by atoms with E-state index in [9.17, 15) is 4.79 Å². The summed E-state index contributed by atoms with van der Waals surface area (Å²) in [4.78, 5) is 18.4. The normalized spacial score (nSPS) is 10.2. The smallest absolute Gasteiger partial charge is 0.354 e. The van der Waals surface area contributed by atoms with Gasteiger partial charge in [0, 0.05) is 12.4 Å². The van der Waals surface area contributed by atoms with Crippen molar-refractivity contribution in [1.82, 2.24) is 19.7 Å². The van der Waals surface area contributed by atoms with E-state index in [1.165, 1.54) is 16.9 Å². The molecule has 76 valence electrons. The second-order valence-corrected chi connectivity index (χ2v) is 3.90. The van der Waals surface area contributed by atoms with Gasteiger partial charge in [-0.3, -0.25) is 0 Å². The van der Waals surface area contributed by atoms with Crippen LogP contribution in [0.4, 0.5) is 0 Å². The van der Waals surface area contributed by atoms with Crippen LogP contribution in [0.2, 0.25) is 0 Å². The number of carboxylic acids is 1. The zero-order chi connectivity index (χ0) is 10.8. The number of nitrogens with zero attached hydrogens (tertiary/aromatic N) is 4. The van der Waals surface area contributed by atoms with Gasteiger partial charge in [-0.1, -0.05) is 0 Å². The van der Waals surface area contributed by atoms with Crippen LogP contribution < -0.4 is 0 Å². The van der Waals surface area contributed by atoms with E-state index in [2.05, 4.69) is 37.7 Å². The highest BCUT2D eigenvalue weighted by Gasteiger charge is 2.07. The van der Waals surface area contributed by atoms with Crippen LogP contribution in [0.5, 0.6) is 0 Å². The Morgan fingerprint density at radius 2 is 2.33 bits per heavy atom. The third-order valence-electron chi connectivity index (χ3n) is 1.62. The van der Waals surface area contributed by atoms with Gasteiger partial charge in [0.2, 0.25) is 0 Å². The molecule has 2 heterocycles. The minimum atomic E-state index is -1.08. The zero-order valence-corrected chi connectivity index (χ0v) is 9.49. The van der Waals surface area contributed by atoms with Crippen molar-refractivity contribution in [2.45, 2.75) is 0 Å². The molecule has 0 saturated carbocycles. The zero-order valence-electron chi connectivity index (χ0n) is 7.33. The van der Waals surface area contributed by atoms with E-state index >= 15 is 0 Å². The fourth-order valence-corrected chi connectivity index (χ4v) is 1.38. The van der Waals surface area contributed by atoms with E-state index in [0.29, 0.717) is 0 Å². The SMILES string of the molecule is O=C(O)c1ccnc(-n2cc(I)cn2)n1. The van der Waals surface area contributed by atoms with Crippen LogP contribution in [-0.2, 0) is 0 Å². The van der Waals surface area contributed by atoms with E-state index in [-0.39, 0.29) is 11.6 Å². The molecule has 2 rings (SSSR count). The van der Waals surface area contributed by atoms with Crippen molar-refractivity contribution in [1.29, 1.82) is 0 Å². The Bertz CT molecular complexity index is 511. The molecule has 0 radical (unpaired) electrons. The average molecular weight is 316 g/mol. The Labute approximate surface area is 98.1 Å². The number of rotatable bonds is 2. The lowest BCUT2D eigenvalue weighted by Gasteiger charge is -1.99. The maximum atomic E-state index is 10.7. The molecule has 0 amide bonds. The molecule has 1 N–H and O–H groups in total. The monoisotopic (exact) mass is 316 g/mol. The number of carboxylic acid groups (broad SMARTS) is 1. The summed E-state index contributed by atoms with van der Waals surface area (Å²) in [5.41, 5.74) is -0.0505. The molecule has 0 aliphatic rings. The summed E-state index contributed by atoms with van der Waals surface area (Å²) in [7, 11) is 0. The summed E-state index contributed by atoms with van der Waals surface area (Å²) in [5, 5.41) is 12.7. The molecule has 0 atom stereocenters. The second-order valence-electron chi connectivity index (χ2n) is 2.65. The molecular weight excluding hydrogens is 311 g/mol. The van der Waals surface area contributed by atoms with E-state index in [1.807, 2.05) is 0 Å². The molecule has 0 fully saturated rings. The molecule has 6 nitrogen and oxygen atoms in total. The fraction of sp³-hybridized carbons (Fsp3) is 0. The fourth-order valence-electron chi connectivity index (χ4n) is 0.988. The largest absolute Gasteiger partial charge is 0.477 e. The van der Waals surface area contributed by atoms with Gasteiger partial charge in [0.15, 0.2) is 5.69 Å². The Balaban J connectivity index is 2.45. The van der Waals surface area contributed by atoms with Gasteiger partial charge in [-0.25, -0.2) is 19.4 Å². The van der Waals surface area contributed by atoms with E-state index in [0.717, 1.165) is 3.57 Å². The highest BCUT2D eigenvalue weighted by Crippen LogP contribution is 2.05. The van der Waals surface area contributed by atoms with Gasteiger partial charge in [0.1, 0.15) is 0 Å². The Morgan fingerprint density at radius 1 is 1.53 bits per heavy atom. The molecule has 0 bridgehead atoms. The van der Waals surface area contributed by atoms with E-state index in [4.69, 9.17) is 5.11 Å². The lowest BCUT2D eigenvalue weighted by molar-refractivity contribution is 0.0690. The second kappa shape index (κ2) is 3.93. The Hall–Kier alpha value is -1.51. The first kappa shape index (κ1) is 10.0. The molecule has 0 spiro atoms. The van der Waals surface area contributed by atoms with Crippen molar-refractivity contribution in [3.05, 3.63) is 33.9 Å². The summed E-state index contributed by atoms with van der Waals surface area (Å²) < 4.78 is 2.35. The Kier molecular flexibility index (Phi) is 2.62. The quantitative estimate of drug-likeness (QED) is 0.835. The number of hydrogen-bond donors (Lipinski definition) is 1. The molecule has 2 aromatic rings. The van der Waals surface area contributed by atoms with Gasteiger partial charge >= 0.3 is 5.97 Å². The first-order chi connectivity index (χ1) is 7.16. The number of aromatic nitrogens is 4. The lowest BCUT2D eigenvalue weighted by Crippen LogP contribution is -2.07. The van der Waals surface area contributed by atoms with Gasteiger partial charge in [-0.2, -0.15) is 5.10 Å². The predicted molar refractivity (Wildman–Crippen MR) is 58.8 cm³/mol. The molecule has 0 aliphatic carbocycles. The van der Waals surface area contributed by atoms with Crippen molar-refractivity contribution in [2.24, 2.45) is 0 Å². The first-order valence-electron chi connectivity index (χ1n) is 3.94. The molecular formula is C8H5IN4O2. The summed E-state index contributed by atoms with van der Waals surface area (Å²) in [5.74, 6) is -0.835. The predicted octanol–water partition coefficient (Wildman–Crippen LogP) is 0.965. The summed E-state index contributed by atoms with van der Waals surface area (Å²) in [6.45, 7) is 0. The van der Waals surface area contributed by atoms with Crippen molar-refractivity contribution in [2.75, 3.05) is 0 Å². The third-order valence-corrected chi connectivity index (χ3v) is 2.18. The minimum absolute atomic E-state index is 0.0505. The van der Waals surface area contributed by atoms with Crippen molar-refractivity contribution in [3.8, 4) is 5.95 Å². The summed E-state index contributed by atoms with van der Waals surface area (Å²) in [6, 6.07) is 1.33. The first-order valence-corrected chi connectivity index (χ1v) is 5.01. The number of carbonyl (C=O) groups is 1. The van der Waals surface area contributed by atoms with Crippen LogP contribution in [0, 0.1) is 3.57 Å². The molecule has 7 heteroatoms. The van der Waals surface area contributed by atoms with Crippen molar-refractivity contribution < 1.29 is 9.90 Å². The third kappa shape index (κ3) is 2.12. The molecule has 0 saturated heterocycles. The highest BCUT2D eigenvalue weighted by molar-refractivity contribution is 14.1. The van der Waals surface area contributed by atoms with Gasteiger partial charge in [0.05, 0.1) is 9.77 Å². The van der Waals surface area contributed by atoms with Crippen LogP contribution in [0.25, 0.3) is 5.95 Å². The topological polar surface area (TPSA) is 80.9 Å². The van der Waals surface area contributed by atoms with Crippen LogP contribution in [-0.4, -0.2) is 30.8 Å². The highest BCUT2D eigenvalue weighted by atomic mass is 127.